The quantitative estimate of drug-likeness (QED) is 0.867. The molecule has 1 aliphatic rings. The molecule has 1 saturated heterocycles. The van der Waals surface area contributed by atoms with Crippen molar-refractivity contribution in [3.05, 3.63) is 29.3 Å². The fourth-order valence-corrected chi connectivity index (χ4v) is 2.85. The highest BCUT2D eigenvalue weighted by Crippen LogP contribution is 2.30. The van der Waals surface area contributed by atoms with Crippen molar-refractivity contribution in [2.75, 3.05) is 20.2 Å². The van der Waals surface area contributed by atoms with E-state index < -0.39 is 5.60 Å². The number of carbonyl (C=O) groups is 1. The standard InChI is InChI=1S/C17H25NO3/c1-12-5-6-13(11-15(12)20-4)16(19)21-17(2,3)14-7-9-18-10-8-14/h5-6,11,14,18H,7-10H2,1-4H3. The van der Waals surface area contributed by atoms with Gasteiger partial charge in [-0.3, -0.25) is 0 Å². The van der Waals surface area contributed by atoms with Crippen molar-refractivity contribution >= 4 is 5.97 Å². The highest BCUT2D eigenvalue weighted by molar-refractivity contribution is 5.90. The first kappa shape index (κ1) is 15.8. The Labute approximate surface area is 126 Å². The summed E-state index contributed by atoms with van der Waals surface area (Å²) < 4.78 is 11.0. The first-order valence-corrected chi connectivity index (χ1v) is 7.53. The summed E-state index contributed by atoms with van der Waals surface area (Å²) in [5.74, 6) is 0.830. The van der Waals surface area contributed by atoms with Crippen molar-refractivity contribution in [2.24, 2.45) is 5.92 Å². The van der Waals surface area contributed by atoms with Crippen molar-refractivity contribution < 1.29 is 14.3 Å². The van der Waals surface area contributed by atoms with Gasteiger partial charge in [-0.05, 0) is 64.4 Å². The molecule has 1 heterocycles. The molecule has 1 N–H and O–H groups in total. The number of hydrogen-bond donors (Lipinski definition) is 1. The van der Waals surface area contributed by atoms with Gasteiger partial charge in [-0.25, -0.2) is 4.79 Å². The third-order valence-corrected chi connectivity index (χ3v) is 4.32. The van der Waals surface area contributed by atoms with Gasteiger partial charge in [0, 0.05) is 5.92 Å². The number of piperidine rings is 1. The second-order valence-corrected chi connectivity index (χ2v) is 6.20. The number of rotatable bonds is 4. The second-order valence-electron chi connectivity index (χ2n) is 6.20. The predicted molar refractivity (Wildman–Crippen MR) is 82.8 cm³/mol. The minimum absolute atomic E-state index is 0.281. The van der Waals surface area contributed by atoms with E-state index in [1.807, 2.05) is 26.8 Å². The lowest BCUT2D eigenvalue weighted by Crippen LogP contribution is -2.42. The molecule has 0 bridgehead atoms. The monoisotopic (exact) mass is 291 g/mol. The number of aryl methyl sites for hydroxylation is 1. The summed E-state index contributed by atoms with van der Waals surface area (Å²) in [4.78, 5) is 12.4. The van der Waals surface area contributed by atoms with Crippen LogP contribution in [0.3, 0.4) is 0 Å². The molecule has 4 nitrogen and oxygen atoms in total. The van der Waals surface area contributed by atoms with Crippen LogP contribution in [-0.2, 0) is 4.74 Å². The zero-order valence-electron chi connectivity index (χ0n) is 13.4. The molecule has 4 heteroatoms. The van der Waals surface area contributed by atoms with Crippen molar-refractivity contribution in [3.63, 3.8) is 0 Å². The zero-order valence-corrected chi connectivity index (χ0v) is 13.4. The van der Waals surface area contributed by atoms with E-state index in [-0.39, 0.29) is 5.97 Å². The highest BCUT2D eigenvalue weighted by atomic mass is 16.6. The summed E-state index contributed by atoms with van der Waals surface area (Å²) in [7, 11) is 1.61. The number of carbonyl (C=O) groups excluding carboxylic acids is 1. The molecule has 0 amide bonds. The van der Waals surface area contributed by atoms with Gasteiger partial charge in [0.25, 0.3) is 0 Å². The number of hydrogen-bond acceptors (Lipinski definition) is 4. The highest BCUT2D eigenvalue weighted by Gasteiger charge is 2.34. The second kappa shape index (κ2) is 6.48. The van der Waals surface area contributed by atoms with Gasteiger partial charge in [-0.15, -0.1) is 0 Å². The Morgan fingerprint density at radius 3 is 2.57 bits per heavy atom. The summed E-state index contributed by atoms with van der Waals surface area (Å²) in [6.45, 7) is 7.94. The van der Waals surface area contributed by atoms with Crippen LogP contribution in [0.25, 0.3) is 0 Å². The molecule has 116 valence electrons. The molecule has 0 aliphatic carbocycles. The van der Waals surface area contributed by atoms with Gasteiger partial charge in [-0.2, -0.15) is 0 Å². The van der Waals surface area contributed by atoms with E-state index in [4.69, 9.17) is 9.47 Å². The molecule has 0 spiro atoms. The fraction of sp³-hybridized carbons (Fsp3) is 0.588. The Hall–Kier alpha value is -1.55. The van der Waals surface area contributed by atoms with Crippen LogP contribution < -0.4 is 10.1 Å². The molecule has 0 unspecified atom stereocenters. The number of esters is 1. The van der Waals surface area contributed by atoms with Crippen molar-refractivity contribution in [1.82, 2.24) is 5.32 Å². The maximum atomic E-state index is 12.4. The number of ether oxygens (including phenoxy) is 2. The Morgan fingerprint density at radius 1 is 1.29 bits per heavy atom. The lowest BCUT2D eigenvalue weighted by molar-refractivity contribution is -0.0368. The van der Waals surface area contributed by atoms with Crippen LogP contribution in [0, 0.1) is 12.8 Å². The van der Waals surface area contributed by atoms with Crippen LogP contribution in [0.1, 0.15) is 42.6 Å². The Kier molecular flexibility index (Phi) is 4.88. The fourth-order valence-electron chi connectivity index (χ4n) is 2.85. The molecule has 0 saturated carbocycles. The van der Waals surface area contributed by atoms with Gasteiger partial charge in [-0.1, -0.05) is 6.07 Å². The van der Waals surface area contributed by atoms with Crippen LogP contribution in [0.5, 0.6) is 5.75 Å². The van der Waals surface area contributed by atoms with Gasteiger partial charge in [0.15, 0.2) is 0 Å². The van der Waals surface area contributed by atoms with E-state index in [0.717, 1.165) is 31.5 Å². The van der Waals surface area contributed by atoms with E-state index >= 15 is 0 Å². The summed E-state index contributed by atoms with van der Waals surface area (Å²) in [6, 6.07) is 5.42. The molecule has 1 aliphatic heterocycles. The molecular formula is C17H25NO3. The third kappa shape index (κ3) is 3.76. The average Bonchev–Trinajstić information content (AvgIpc) is 2.48. The van der Waals surface area contributed by atoms with Crippen LogP contribution in [0.4, 0.5) is 0 Å². The predicted octanol–water partition coefficient (Wildman–Crippen LogP) is 2.94. The lowest BCUT2D eigenvalue weighted by Gasteiger charge is -2.36. The molecule has 1 aromatic carbocycles. The third-order valence-electron chi connectivity index (χ3n) is 4.32. The molecule has 2 rings (SSSR count). The van der Waals surface area contributed by atoms with Gasteiger partial charge in [0.2, 0.25) is 0 Å². The summed E-state index contributed by atoms with van der Waals surface area (Å²) in [5.41, 5.74) is 1.10. The Balaban J connectivity index is 2.09. The van der Waals surface area contributed by atoms with Crippen molar-refractivity contribution in [3.8, 4) is 5.75 Å². The topological polar surface area (TPSA) is 47.6 Å². The largest absolute Gasteiger partial charge is 0.496 e. The first-order valence-electron chi connectivity index (χ1n) is 7.53. The van der Waals surface area contributed by atoms with Crippen LogP contribution in [-0.4, -0.2) is 31.8 Å². The van der Waals surface area contributed by atoms with Crippen LogP contribution in [0.15, 0.2) is 18.2 Å². The zero-order chi connectivity index (χ0) is 15.5. The van der Waals surface area contributed by atoms with Gasteiger partial charge in [0.05, 0.1) is 12.7 Å². The molecule has 0 radical (unpaired) electrons. The first-order chi connectivity index (χ1) is 9.94. The van der Waals surface area contributed by atoms with E-state index in [9.17, 15) is 4.79 Å². The maximum absolute atomic E-state index is 12.4. The minimum atomic E-state index is -0.447. The van der Waals surface area contributed by atoms with Gasteiger partial charge >= 0.3 is 5.97 Å². The lowest BCUT2D eigenvalue weighted by atomic mass is 9.83. The van der Waals surface area contributed by atoms with Crippen molar-refractivity contribution in [2.45, 2.75) is 39.2 Å². The SMILES string of the molecule is COc1cc(C(=O)OC(C)(C)C2CCNCC2)ccc1C. The summed E-state index contributed by atoms with van der Waals surface area (Å²) in [6.07, 6.45) is 2.08. The Bertz CT molecular complexity index is 505. The van der Waals surface area contributed by atoms with E-state index in [1.165, 1.54) is 0 Å². The maximum Gasteiger partial charge on any atom is 0.338 e. The molecule has 0 atom stereocenters. The van der Waals surface area contributed by atoms with Crippen LogP contribution >= 0.6 is 0 Å². The molecule has 0 aromatic heterocycles. The summed E-state index contributed by atoms with van der Waals surface area (Å²) in [5, 5.41) is 3.34. The molecule has 1 fully saturated rings. The number of benzene rings is 1. The Morgan fingerprint density at radius 2 is 1.95 bits per heavy atom. The molecular weight excluding hydrogens is 266 g/mol. The van der Waals surface area contributed by atoms with E-state index in [2.05, 4.69) is 5.32 Å². The van der Waals surface area contributed by atoms with Crippen molar-refractivity contribution in [1.29, 1.82) is 0 Å². The number of nitrogens with one attached hydrogen (secondary N) is 1. The number of methoxy groups -OCH3 is 1. The smallest absolute Gasteiger partial charge is 0.338 e. The normalized spacial score (nSPS) is 16.6. The summed E-state index contributed by atoms with van der Waals surface area (Å²) >= 11 is 0. The molecule has 21 heavy (non-hydrogen) atoms. The van der Waals surface area contributed by atoms with Gasteiger partial charge < -0.3 is 14.8 Å². The average molecular weight is 291 g/mol. The van der Waals surface area contributed by atoms with Crippen LogP contribution in [0.2, 0.25) is 0 Å². The van der Waals surface area contributed by atoms with E-state index in [1.54, 1.807) is 19.2 Å². The van der Waals surface area contributed by atoms with E-state index in [0.29, 0.717) is 17.2 Å². The minimum Gasteiger partial charge on any atom is -0.496 e. The molecule has 1 aromatic rings. The van der Waals surface area contributed by atoms with Gasteiger partial charge in [0.1, 0.15) is 11.4 Å².